The molecule has 3 N–H and O–H groups in total. The highest BCUT2D eigenvalue weighted by Crippen LogP contribution is 2.25. The molecule has 15 heavy (non-hydrogen) atoms. The number of carbonyl (C=O) groups excluding carboxylic acids is 2. The van der Waals surface area contributed by atoms with E-state index in [1.54, 1.807) is 6.07 Å². The van der Waals surface area contributed by atoms with Gasteiger partial charge >= 0.3 is 5.97 Å². The van der Waals surface area contributed by atoms with Crippen molar-refractivity contribution in [3.63, 3.8) is 0 Å². The Morgan fingerprint density at radius 2 is 2.27 bits per heavy atom. The summed E-state index contributed by atoms with van der Waals surface area (Å²) >= 11 is 0. The standard InChI is InChI=1S/C10H10N2O3/c1-15-10(14)5-2-3-7(11)8-6(5)4-12-9(8)13/h2-3H,4,11H2,1H3,(H,12,13). The van der Waals surface area contributed by atoms with Crippen LogP contribution >= 0.6 is 0 Å². The molecule has 0 spiro atoms. The summed E-state index contributed by atoms with van der Waals surface area (Å²) in [5.41, 5.74) is 7.44. The van der Waals surface area contributed by atoms with Crippen molar-refractivity contribution in [1.82, 2.24) is 5.32 Å². The molecule has 0 radical (unpaired) electrons. The Morgan fingerprint density at radius 3 is 2.93 bits per heavy atom. The van der Waals surface area contributed by atoms with Crippen molar-refractivity contribution in [2.75, 3.05) is 12.8 Å². The average molecular weight is 206 g/mol. The fourth-order valence-corrected chi connectivity index (χ4v) is 1.68. The molecule has 0 bridgehead atoms. The van der Waals surface area contributed by atoms with Crippen LogP contribution in [0.1, 0.15) is 26.3 Å². The fraction of sp³-hybridized carbons (Fsp3) is 0.200. The SMILES string of the molecule is COC(=O)c1ccc(N)c2c1CNC2=O. The van der Waals surface area contributed by atoms with Crippen LogP contribution in [0.3, 0.4) is 0 Å². The highest BCUT2D eigenvalue weighted by molar-refractivity contribution is 6.06. The summed E-state index contributed by atoms with van der Waals surface area (Å²) in [5.74, 6) is -0.698. The number of benzene rings is 1. The lowest BCUT2D eigenvalue weighted by Gasteiger charge is -2.06. The molecule has 2 rings (SSSR count). The Balaban J connectivity index is 2.62. The lowest BCUT2D eigenvalue weighted by molar-refractivity contribution is 0.0599. The zero-order valence-electron chi connectivity index (χ0n) is 8.16. The van der Waals surface area contributed by atoms with Crippen molar-refractivity contribution in [3.05, 3.63) is 28.8 Å². The first-order valence-corrected chi connectivity index (χ1v) is 4.43. The third kappa shape index (κ3) is 1.32. The van der Waals surface area contributed by atoms with E-state index in [4.69, 9.17) is 5.73 Å². The first-order chi connectivity index (χ1) is 7.15. The van der Waals surface area contributed by atoms with E-state index in [9.17, 15) is 9.59 Å². The number of anilines is 1. The van der Waals surface area contributed by atoms with Crippen molar-refractivity contribution >= 4 is 17.6 Å². The number of hydrogen-bond acceptors (Lipinski definition) is 4. The van der Waals surface area contributed by atoms with E-state index in [2.05, 4.69) is 10.1 Å². The van der Waals surface area contributed by atoms with Gasteiger partial charge in [0.25, 0.3) is 5.91 Å². The van der Waals surface area contributed by atoms with Crippen molar-refractivity contribution in [2.45, 2.75) is 6.54 Å². The number of ether oxygens (including phenoxy) is 1. The van der Waals surface area contributed by atoms with Gasteiger partial charge in [-0.3, -0.25) is 4.79 Å². The van der Waals surface area contributed by atoms with Crippen LogP contribution in [0.25, 0.3) is 0 Å². The predicted molar refractivity (Wildman–Crippen MR) is 53.4 cm³/mol. The number of nitrogens with one attached hydrogen (secondary N) is 1. The molecule has 5 heteroatoms. The van der Waals surface area contributed by atoms with Gasteiger partial charge in [-0.1, -0.05) is 0 Å². The van der Waals surface area contributed by atoms with E-state index >= 15 is 0 Å². The van der Waals surface area contributed by atoms with Gasteiger partial charge in [-0.25, -0.2) is 4.79 Å². The van der Waals surface area contributed by atoms with Gasteiger partial charge in [-0.05, 0) is 12.1 Å². The first-order valence-electron chi connectivity index (χ1n) is 4.43. The maximum atomic E-state index is 11.4. The van der Waals surface area contributed by atoms with Crippen molar-refractivity contribution in [3.8, 4) is 0 Å². The number of hydrogen-bond donors (Lipinski definition) is 2. The summed E-state index contributed by atoms with van der Waals surface area (Å²) in [7, 11) is 1.30. The Morgan fingerprint density at radius 1 is 1.53 bits per heavy atom. The van der Waals surface area contributed by atoms with E-state index in [1.165, 1.54) is 13.2 Å². The van der Waals surface area contributed by atoms with Gasteiger partial charge in [0.1, 0.15) is 0 Å². The third-order valence-corrected chi connectivity index (χ3v) is 2.40. The van der Waals surface area contributed by atoms with Crippen LogP contribution in [0.4, 0.5) is 5.69 Å². The highest BCUT2D eigenvalue weighted by atomic mass is 16.5. The van der Waals surface area contributed by atoms with Crippen LogP contribution in [-0.4, -0.2) is 19.0 Å². The maximum absolute atomic E-state index is 11.4. The summed E-state index contributed by atoms with van der Waals surface area (Å²) in [6.45, 7) is 0.323. The number of nitrogen functional groups attached to an aromatic ring is 1. The summed E-state index contributed by atoms with van der Waals surface area (Å²) in [5, 5.41) is 2.62. The van der Waals surface area contributed by atoms with Crippen molar-refractivity contribution in [1.29, 1.82) is 0 Å². The monoisotopic (exact) mass is 206 g/mol. The number of rotatable bonds is 1. The predicted octanol–water partition coefficient (Wildman–Crippen LogP) is 0.299. The quantitative estimate of drug-likeness (QED) is 0.511. The molecule has 0 saturated heterocycles. The Kier molecular flexibility index (Phi) is 2.07. The number of methoxy groups -OCH3 is 1. The number of amides is 1. The second-order valence-electron chi connectivity index (χ2n) is 3.23. The molecule has 1 heterocycles. The van der Waals surface area contributed by atoms with Crippen LogP contribution in [-0.2, 0) is 11.3 Å². The minimum absolute atomic E-state index is 0.242. The largest absolute Gasteiger partial charge is 0.465 e. The molecular formula is C10H10N2O3. The normalized spacial score (nSPS) is 13.3. The zero-order valence-corrected chi connectivity index (χ0v) is 8.16. The molecule has 0 unspecified atom stereocenters. The van der Waals surface area contributed by atoms with Crippen LogP contribution < -0.4 is 11.1 Å². The second-order valence-corrected chi connectivity index (χ2v) is 3.23. The molecule has 78 valence electrons. The molecule has 1 aliphatic rings. The molecule has 1 aliphatic heterocycles. The minimum atomic E-state index is -0.456. The van der Waals surface area contributed by atoms with Gasteiger partial charge in [0.2, 0.25) is 0 Å². The molecule has 0 saturated carbocycles. The summed E-state index contributed by atoms with van der Waals surface area (Å²) in [6, 6.07) is 3.11. The van der Waals surface area contributed by atoms with Gasteiger partial charge in [0.05, 0.1) is 18.2 Å². The van der Waals surface area contributed by atoms with Gasteiger partial charge in [0.15, 0.2) is 0 Å². The third-order valence-electron chi connectivity index (χ3n) is 2.40. The zero-order chi connectivity index (χ0) is 11.0. The minimum Gasteiger partial charge on any atom is -0.465 e. The van der Waals surface area contributed by atoms with Crippen molar-refractivity contribution < 1.29 is 14.3 Å². The molecular weight excluding hydrogens is 196 g/mol. The molecule has 1 amide bonds. The number of nitrogens with two attached hydrogens (primary N) is 1. The maximum Gasteiger partial charge on any atom is 0.338 e. The van der Waals surface area contributed by atoms with Crippen molar-refractivity contribution in [2.24, 2.45) is 0 Å². The summed E-state index contributed by atoms with van der Waals surface area (Å²) in [4.78, 5) is 22.8. The topological polar surface area (TPSA) is 81.4 Å². The molecule has 1 aromatic rings. The highest BCUT2D eigenvalue weighted by Gasteiger charge is 2.26. The van der Waals surface area contributed by atoms with E-state index in [-0.39, 0.29) is 5.91 Å². The Hall–Kier alpha value is -2.04. The van der Waals surface area contributed by atoms with E-state index in [0.29, 0.717) is 28.9 Å². The Bertz CT molecular complexity index is 454. The van der Waals surface area contributed by atoms with E-state index < -0.39 is 5.97 Å². The van der Waals surface area contributed by atoms with Crippen LogP contribution in [0.5, 0.6) is 0 Å². The van der Waals surface area contributed by atoms with Crippen LogP contribution in [0.2, 0.25) is 0 Å². The fourth-order valence-electron chi connectivity index (χ4n) is 1.68. The number of esters is 1. The lowest BCUT2D eigenvalue weighted by Crippen LogP contribution is -2.13. The Labute approximate surface area is 86.2 Å². The number of carbonyl (C=O) groups is 2. The molecule has 0 fully saturated rings. The molecule has 0 atom stereocenters. The smallest absolute Gasteiger partial charge is 0.338 e. The molecule has 0 aromatic heterocycles. The molecule has 0 aliphatic carbocycles. The van der Waals surface area contributed by atoms with E-state index in [1.807, 2.05) is 0 Å². The van der Waals surface area contributed by atoms with Crippen LogP contribution in [0, 0.1) is 0 Å². The van der Waals surface area contributed by atoms with E-state index in [0.717, 1.165) is 0 Å². The lowest BCUT2D eigenvalue weighted by atomic mass is 10.0. The first kappa shape index (κ1) is 9.51. The van der Waals surface area contributed by atoms with Crippen LogP contribution in [0.15, 0.2) is 12.1 Å². The molecule has 1 aromatic carbocycles. The van der Waals surface area contributed by atoms with Gasteiger partial charge < -0.3 is 15.8 Å². The average Bonchev–Trinajstić information content (AvgIpc) is 2.61. The molecule has 5 nitrogen and oxygen atoms in total. The number of fused-ring (bicyclic) bond motifs is 1. The summed E-state index contributed by atoms with van der Waals surface area (Å²) in [6.07, 6.45) is 0. The second kappa shape index (κ2) is 3.27. The summed E-state index contributed by atoms with van der Waals surface area (Å²) < 4.78 is 4.62. The van der Waals surface area contributed by atoms with Gasteiger partial charge in [-0.2, -0.15) is 0 Å². The van der Waals surface area contributed by atoms with Gasteiger partial charge in [-0.15, -0.1) is 0 Å². The van der Waals surface area contributed by atoms with Gasteiger partial charge in [0, 0.05) is 17.8 Å².